The van der Waals surface area contributed by atoms with Crippen molar-refractivity contribution >= 4 is 76.1 Å². The van der Waals surface area contributed by atoms with E-state index in [-0.39, 0.29) is 11.7 Å². The van der Waals surface area contributed by atoms with Crippen LogP contribution in [-0.2, 0) is 29.1 Å². The van der Waals surface area contributed by atoms with Crippen LogP contribution in [0.15, 0.2) is 95.9 Å². The van der Waals surface area contributed by atoms with E-state index in [1.807, 2.05) is 29.3 Å². The standard InChI is InChI=1S/C14H13F3N2O4S.C13H14N2O2.C11H8BrNO2.C4H9NO/c15-14(16,17)24(20,21)23-12-1-2-13-10(8-12)7-11(9-18-13)19-3-5-22-6-4-19;16-12-1-2-13-10(8-12)7-11(9-14-13)15-3-5-17-6-4-15;1-7(14)15-10-2-3-11-8(5-10)4-9(12)6-13-11;1-3-6-4-2-5-1/h1-2,7-9H,3-6H2;1-2,7-9,16H,3-6H2;2-6H,1H3;5H,1-4H2. The molecule has 0 atom stereocenters. The number of aromatic nitrogens is 3. The van der Waals surface area contributed by atoms with E-state index >= 15 is 0 Å². The van der Waals surface area contributed by atoms with Crippen LogP contribution in [0.3, 0.4) is 0 Å². The number of pyridine rings is 3. The van der Waals surface area contributed by atoms with Crippen LogP contribution in [0.25, 0.3) is 32.7 Å². The minimum absolute atomic E-state index is 0.276. The predicted octanol–water partition coefficient (Wildman–Crippen LogP) is 6.61. The Labute approximate surface area is 364 Å². The molecule has 62 heavy (non-hydrogen) atoms. The number of aromatic hydroxyl groups is 1. The number of ether oxygens (including phenoxy) is 4. The first-order valence-corrected chi connectivity index (χ1v) is 21.6. The Hall–Kier alpha value is -5.38. The van der Waals surface area contributed by atoms with Crippen LogP contribution < -0.4 is 24.0 Å². The summed E-state index contributed by atoms with van der Waals surface area (Å²) in [5.74, 6) is 0.0754. The van der Waals surface area contributed by atoms with Crippen molar-refractivity contribution in [3.8, 4) is 17.2 Å². The van der Waals surface area contributed by atoms with Crippen LogP contribution in [0.5, 0.6) is 17.2 Å². The smallest absolute Gasteiger partial charge is 0.508 e. The summed E-state index contributed by atoms with van der Waals surface area (Å²) in [6.45, 7) is 11.0. The summed E-state index contributed by atoms with van der Waals surface area (Å²) in [4.78, 5) is 27.9. The molecule has 3 aliphatic rings. The van der Waals surface area contributed by atoms with Gasteiger partial charge >= 0.3 is 21.6 Å². The molecule has 0 saturated carbocycles. The highest BCUT2D eigenvalue weighted by Crippen LogP contribution is 2.30. The van der Waals surface area contributed by atoms with Crippen molar-refractivity contribution in [1.29, 1.82) is 0 Å². The van der Waals surface area contributed by atoms with E-state index in [4.69, 9.17) is 18.9 Å². The Morgan fingerprint density at radius 2 is 1.16 bits per heavy atom. The zero-order valence-corrected chi connectivity index (χ0v) is 35.9. The summed E-state index contributed by atoms with van der Waals surface area (Å²) >= 11 is 3.34. The minimum Gasteiger partial charge on any atom is -0.508 e. The first-order chi connectivity index (χ1) is 29.7. The molecule has 3 aliphatic heterocycles. The van der Waals surface area contributed by atoms with Gasteiger partial charge in [-0.3, -0.25) is 19.7 Å². The summed E-state index contributed by atoms with van der Waals surface area (Å²) in [7, 11) is -5.70. The molecule has 0 unspecified atom stereocenters. The summed E-state index contributed by atoms with van der Waals surface area (Å²) < 4.78 is 85.0. The second kappa shape index (κ2) is 21.6. The Bertz CT molecular complexity index is 2550. The third-order valence-corrected chi connectivity index (χ3v) is 10.7. The normalized spacial score (nSPS) is 15.6. The number of fused-ring (bicyclic) bond motifs is 3. The highest BCUT2D eigenvalue weighted by molar-refractivity contribution is 9.10. The summed E-state index contributed by atoms with van der Waals surface area (Å²) in [6, 6.07) is 20.0. The van der Waals surface area contributed by atoms with Gasteiger partial charge in [0.1, 0.15) is 17.2 Å². The molecular weight excluding hydrogens is 901 g/mol. The molecule has 3 fully saturated rings. The zero-order chi connectivity index (χ0) is 44.1. The van der Waals surface area contributed by atoms with Crippen LogP contribution in [0.2, 0.25) is 0 Å². The quantitative estimate of drug-likeness (QED) is 0.0818. The van der Waals surface area contributed by atoms with Crippen molar-refractivity contribution in [2.45, 2.75) is 12.4 Å². The monoisotopic (exact) mass is 944 g/mol. The predicted molar refractivity (Wildman–Crippen MR) is 231 cm³/mol. The van der Waals surface area contributed by atoms with Crippen molar-refractivity contribution in [3.05, 3.63) is 95.9 Å². The first kappa shape index (κ1) is 46.1. The number of halogens is 4. The molecule has 6 aromatic rings. The maximum atomic E-state index is 12.4. The third kappa shape index (κ3) is 13.3. The van der Waals surface area contributed by atoms with E-state index in [0.29, 0.717) is 43.0 Å². The Balaban J connectivity index is 0.000000149. The average molecular weight is 946 g/mol. The number of hydrogen-bond acceptors (Lipinski definition) is 15. The summed E-state index contributed by atoms with van der Waals surface area (Å²) in [5, 5.41) is 15.0. The van der Waals surface area contributed by atoms with Crippen molar-refractivity contribution in [1.82, 2.24) is 20.3 Å². The van der Waals surface area contributed by atoms with E-state index in [1.54, 1.807) is 42.7 Å². The maximum Gasteiger partial charge on any atom is 0.534 e. The molecule has 9 rings (SSSR count). The highest BCUT2D eigenvalue weighted by atomic mass is 79.9. The largest absolute Gasteiger partial charge is 0.534 e. The molecule has 6 heterocycles. The van der Waals surface area contributed by atoms with E-state index in [2.05, 4.69) is 51.3 Å². The molecule has 0 spiro atoms. The molecule has 0 bridgehead atoms. The Morgan fingerprint density at radius 3 is 1.66 bits per heavy atom. The fourth-order valence-electron chi connectivity index (χ4n) is 6.25. The fraction of sp³-hybridized carbons (Fsp3) is 0.333. The van der Waals surface area contributed by atoms with E-state index in [1.165, 1.54) is 19.1 Å². The van der Waals surface area contributed by atoms with Crippen LogP contribution in [-0.4, -0.2) is 119 Å². The van der Waals surface area contributed by atoms with Crippen molar-refractivity contribution in [3.63, 3.8) is 0 Å². The molecule has 2 N–H and O–H groups in total. The lowest BCUT2D eigenvalue weighted by Gasteiger charge is -2.28. The van der Waals surface area contributed by atoms with Crippen molar-refractivity contribution < 1.29 is 54.6 Å². The molecule has 3 saturated heterocycles. The summed E-state index contributed by atoms with van der Waals surface area (Å²) in [6.07, 6.45) is 5.26. The zero-order valence-electron chi connectivity index (χ0n) is 33.5. The Kier molecular flexibility index (Phi) is 16.1. The lowest BCUT2D eigenvalue weighted by atomic mass is 10.2. The number of morpholine rings is 3. The van der Waals surface area contributed by atoms with Gasteiger partial charge in [-0.2, -0.15) is 21.6 Å². The van der Waals surface area contributed by atoms with Crippen molar-refractivity contribution in [2.75, 3.05) is 88.7 Å². The molecule has 15 nitrogen and oxygen atoms in total. The second-order valence-electron chi connectivity index (χ2n) is 13.8. The number of carbonyl (C=O) groups excluding carboxylic acids is 1. The number of esters is 1. The van der Waals surface area contributed by atoms with E-state index < -0.39 is 21.4 Å². The van der Waals surface area contributed by atoms with Gasteiger partial charge in [-0.15, -0.1) is 0 Å². The topological polar surface area (TPSA) is 175 Å². The SMILES string of the molecule is C1COCCN1.CC(=O)Oc1ccc2ncc(Br)cc2c1.O=S(=O)(Oc1ccc2ncc(N3CCOCC3)cc2c1)C(F)(F)F.Oc1ccc2ncc(N3CCOCC3)cc2c1. The van der Waals surface area contributed by atoms with E-state index in [9.17, 15) is 31.5 Å². The lowest BCUT2D eigenvalue weighted by Crippen LogP contribution is -2.36. The number of carbonyl (C=O) groups is 1. The lowest BCUT2D eigenvalue weighted by molar-refractivity contribution is -0.131. The number of phenols is 1. The number of alkyl halides is 3. The van der Waals surface area contributed by atoms with Crippen molar-refractivity contribution in [2.24, 2.45) is 0 Å². The van der Waals surface area contributed by atoms with Gasteiger partial charge in [0.25, 0.3) is 0 Å². The number of benzene rings is 3. The van der Waals surface area contributed by atoms with Gasteiger partial charge in [0, 0.05) is 73.0 Å². The molecule has 0 amide bonds. The van der Waals surface area contributed by atoms with Gasteiger partial charge in [-0.25, -0.2) is 0 Å². The average Bonchev–Trinajstić information content (AvgIpc) is 3.27. The number of nitrogens with zero attached hydrogens (tertiary/aromatic N) is 5. The van der Waals surface area contributed by atoms with Crippen LogP contribution in [0, 0.1) is 0 Å². The van der Waals surface area contributed by atoms with Crippen LogP contribution in [0.1, 0.15) is 6.92 Å². The van der Waals surface area contributed by atoms with Gasteiger partial charge in [0.2, 0.25) is 0 Å². The molecule has 0 radical (unpaired) electrons. The molecule has 330 valence electrons. The molecule has 20 heteroatoms. The fourth-order valence-corrected chi connectivity index (χ4v) is 7.05. The summed E-state index contributed by atoms with van der Waals surface area (Å²) in [5.41, 5.74) is -1.32. The van der Waals surface area contributed by atoms with Crippen LogP contribution >= 0.6 is 15.9 Å². The van der Waals surface area contributed by atoms with Gasteiger partial charge < -0.3 is 43.4 Å². The first-order valence-electron chi connectivity index (χ1n) is 19.4. The van der Waals surface area contributed by atoms with Gasteiger partial charge in [0.15, 0.2) is 0 Å². The van der Waals surface area contributed by atoms with Crippen LogP contribution in [0.4, 0.5) is 24.5 Å². The molecule has 3 aromatic heterocycles. The second-order valence-corrected chi connectivity index (χ2v) is 16.2. The molecule has 3 aromatic carbocycles. The number of anilines is 2. The Morgan fingerprint density at radius 1 is 0.694 bits per heavy atom. The molecular formula is C42H44BrF3N6O9S. The number of nitrogens with one attached hydrogen (secondary N) is 1. The highest BCUT2D eigenvalue weighted by Gasteiger charge is 2.48. The van der Waals surface area contributed by atoms with Gasteiger partial charge in [-0.05, 0) is 88.7 Å². The maximum absolute atomic E-state index is 12.4. The third-order valence-electron chi connectivity index (χ3n) is 9.26. The van der Waals surface area contributed by atoms with Gasteiger partial charge in [-0.1, -0.05) is 0 Å². The van der Waals surface area contributed by atoms with E-state index in [0.717, 1.165) is 96.3 Å². The van der Waals surface area contributed by atoms with Gasteiger partial charge in [0.05, 0.1) is 80.0 Å². The number of hydrogen-bond donors (Lipinski definition) is 2. The minimum atomic E-state index is -5.70. The number of rotatable bonds is 5. The number of phenolic OH excluding ortho intramolecular Hbond substituents is 1. The molecule has 0 aliphatic carbocycles.